The fraction of sp³-hybridized carbons (Fsp3) is 0.619. The summed E-state index contributed by atoms with van der Waals surface area (Å²) in [5, 5.41) is 0. The van der Waals surface area contributed by atoms with Gasteiger partial charge < -0.3 is 4.74 Å². The van der Waals surface area contributed by atoms with Crippen LogP contribution in [0.1, 0.15) is 81.5 Å². The minimum Gasteiger partial charge on any atom is -0.494 e. The first-order valence-electron chi connectivity index (χ1n) is 10.0. The quantitative estimate of drug-likeness (QED) is 0.507. The van der Waals surface area contributed by atoms with E-state index in [1.807, 2.05) is 0 Å². The molecular weight excluding hydrogens is 328 g/mol. The standard InChI is InChI=1S/C21H32N2O3/c1-2-3-4-5-9-16-26-19-14-12-18(13-15-19)21(25)23-22-20(24)17-10-7-6-8-11-17/h12-15,17H,2-11,16H2,1H3,(H,22,24)(H,23,25). The lowest BCUT2D eigenvalue weighted by atomic mass is 9.89. The zero-order chi connectivity index (χ0) is 18.6. The summed E-state index contributed by atoms with van der Waals surface area (Å²) >= 11 is 0. The molecule has 1 aromatic rings. The van der Waals surface area contributed by atoms with Crippen molar-refractivity contribution in [2.45, 2.75) is 71.1 Å². The Morgan fingerprint density at radius 2 is 1.65 bits per heavy atom. The molecule has 1 aliphatic rings. The molecule has 1 saturated carbocycles. The van der Waals surface area contributed by atoms with E-state index in [-0.39, 0.29) is 17.7 Å². The molecule has 2 amide bonds. The van der Waals surface area contributed by atoms with E-state index in [2.05, 4.69) is 17.8 Å². The van der Waals surface area contributed by atoms with Crippen LogP contribution in [-0.2, 0) is 4.79 Å². The first-order valence-corrected chi connectivity index (χ1v) is 10.0. The van der Waals surface area contributed by atoms with Crippen LogP contribution in [0.3, 0.4) is 0 Å². The summed E-state index contributed by atoms with van der Waals surface area (Å²) in [6.07, 6.45) is 11.2. The van der Waals surface area contributed by atoms with Crippen molar-refractivity contribution in [1.82, 2.24) is 10.9 Å². The first-order chi connectivity index (χ1) is 12.7. The monoisotopic (exact) mass is 360 g/mol. The summed E-state index contributed by atoms with van der Waals surface area (Å²) in [6.45, 7) is 2.91. The molecule has 1 aromatic carbocycles. The van der Waals surface area contributed by atoms with Gasteiger partial charge in [0.05, 0.1) is 6.61 Å². The lowest BCUT2D eigenvalue weighted by Crippen LogP contribution is -2.44. The molecule has 5 nitrogen and oxygen atoms in total. The van der Waals surface area contributed by atoms with Gasteiger partial charge in [-0.2, -0.15) is 0 Å². The molecule has 0 saturated heterocycles. The third kappa shape index (κ3) is 7.06. The Kier molecular flexibility index (Phi) is 9.01. The molecule has 2 N–H and O–H groups in total. The highest BCUT2D eigenvalue weighted by atomic mass is 16.5. The number of nitrogens with one attached hydrogen (secondary N) is 2. The van der Waals surface area contributed by atoms with Crippen molar-refractivity contribution in [2.75, 3.05) is 6.61 Å². The second-order valence-electron chi connectivity index (χ2n) is 7.07. The molecule has 0 aliphatic heterocycles. The Balaban J connectivity index is 1.68. The van der Waals surface area contributed by atoms with Crippen LogP contribution in [0.5, 0.6) is 5.75 Å². The highest BCUT2D eigenvalue weighted by Gasteiger charge is 2.21. The third-order valence-corrected chi connectivity index (χ3v) is 4.91. The number of unbranched alkanes of at least 4 members (excludes halogenated alkanes) is 4. The summed E-state index contributed by atoms with van der Waals surface area (Å²) in [5.41, 5.74) is 5.57. The van der Waals surface area contributed by atoms with Gasteiger partial charge in [0, 0.05) is 11.5 Å². The number of carbonyl (C=O) groups is 2. The number of benzene rings is 1. The molecule has 0 bridgehead atoms. The molecule has 0 heterocycles. The van der Waals surface area contributed by atoms with Crippen LogP contribution in [-0.4, -0.2) is 18.4 Å². The maximum atomic E-state index is 12.1. The minimum atomic E-state index is -0.305. The molecule has 1 aliphatic carbocycles. The molecule has 26 heavy (non-hydrogen) atoms. The van der Waals surface area contributed by atoms with E-state index in [4.69, 9.17) is 4.74 Å². The van der Waals surface area contributed by atoms with Crippen LogP contribution >= 0.6 is 0 Å². The summed E-state index contributed by atoms with van der Waals surface area (Å²) in [6, 6.07) is 7.02. The average molecular weight is 360 g/mol. The molecule has 5 heteroatoms. The second-order valence-corrected chi connectivity index (χ2v) is 7.07. The molecule has 0 aromatic heterocycles. The van der Waals surface area contributed by atoms with Crippen molar-refractivity contribution < 1.29 is 14.3 Å². The zero-order valence-corrected chi connectivity index (χ0v) is 15.9. The normalized spacial score (nSPS) is 14.7. The lowest BCUT2D eigenvalue weighted by molar-refractivity contribution is -0.126. The SMILES string of the molecule is CCCCCCCOc1ccc(C(=O)NNC(=O)C2CCCCC2)cc1. The largest absolute Gasteiger partial charge is 0.494 e. The number of carbonyl (C=O) groups excluding carboxylic acids is 2. The number of rotatable bonds is 9. The lowest BCUT2D eigenvalue weighted by Gasteiger charge is -2.20. The summed E-state index contributed by atoms with van der Waals surface area (Å²) < 4.78 is 5.70. The smallest absolute Gasteiger partial charge is 0.269 e. The van der Waals surface area contributed by atoms with Crippen LogP contribution in [0, 0.1) is 5.92 Å². The number of hydrogen-bond donors (Lipinski definition) is 2. The number of ether oxygens (including phenoxy) is 1. The van der Waals surface area contributed by atoms with Crippen LogP contribution in [0.2, 0.25) is 0 Å². The maximum Gasteiger partial charge on any atom is 0.269 e. The summed E-state index contributed by atoms with van der Waals surface area (Å²) in [4.78, 5) is 24.2. The van der Waals surface area contributed by atoms with Crippen molar-refractivity contribution in [3.63, 3.8) is 0 Å². The van der Waals surface area contributed by atoms with Gasteiger partial charge in [0.1, 0.15) is 5.75 Å². The molecule has 1 fully saturated rings. The van der Waals surface area contributed by atoms with Crippen LogP contribution < -0.4 is 15.6 Å². The highest BCUT2D eigenvalue weighted by Crippen LogP contribution is 2.23. The van der Waals surface area contributed by atoms with Crippen molar-refractivity contribution in [3.05, 3.63) is 29.8 Å². The van der Waals surface area contributed by atoms with Crippen molar-refractivity contribution in [1.29, 1.82) is 0 Å². The molecule has 144 valence electrons. The van der Waals surface area contributed by atoms with Crippen molar-refractivity contribution >= 4 is 11.8 Å². The van der Waals surface area contributed by atoms with E-state index in [1.54, 1.807) is 24.3 Å². The predicted octanol–water partition coefficient (Wildman–Crippen LogP) is 4.38. The van der Waals surface area contributed by atoms with Gasteiger partial charge in [-0.15, -0.1) is 0 Å². The predicted molar refractivity (Wildman–Crippen MR) is 103 cm³/mol. The summed E-state index contributed by atoms with van der Waals surface area (Å²) in [5.74, 6) is 0.404. The topological polar surface area (TPSA) is 67.4 Å². The Bertz CT molecular complexity index is 551. The Hall–Kier alpha value is -2.04. The van der Waals surface area contributed by atoms with E-state index in [0.717, 1.165) is 37.9 Å². The average Bonchev–Trinajstić information content (AvgIpc) is 2.69. The number of amides is 2. The highest BCUT2D eigenvalue weighted by molar-refractivity contribution is 5.95. The second kappa shape index (κ2) is 11.6. The number of hydrogen-bond acceptors (Lipinski definition) is 3. The van der Waals surface area contributed by atoms with E-state index >= 15 is 0 Å². The zero-order valence-electron chi connectivity index (χ0n) is 15.9. The Labute approximate surface area is 156 Å². The van der Waals surface area contributed by atoms with Gasteiger partial charge in [0.2, 0.25) is 5.91 Å². The van der Waals surface area contributed by atoms with Crippen LogP contribution in [0.15, 0.2) is 24.3 Å². The van der Waals surface area contributed by atoms with Crippen LogP contribution in [0.25, 0.3) is 0 Å². The van der Waals surface area contributed by atoms with Gasteiger partial charge in [-0.1, -0.05) is 51.9 Å². The number of hydrazine groups is 1. The summed E-state index contributed by atoms with van der Waals surface area (Å²) in [7, 11) is 0. The van der Waals surface area contributed by atoms with Gasteiger partial charge in [-0.3, -0.25) is 20.4 Å². The molecule has 0 spiro atoms. The van der Waals surface area contributed by atoms with Crippen molar-refractivity contribution in [3.8, 4) is 5.75 Å². The van der Waals surface area contributed by atoms with E-state index in [0.29, 0.717) is 12.2 Å². The van der Waals surface area contributed by atoms with Gasteiger partial charge in [0.15, 0.2) is 0 Å². The first kappa shape index (κ1) is 20.3. The van der Waals surface area contributed by atoms with Gasteiger partial charge in [-0.05, 0) is 43.5 Å². The van der Waals surface area contributed by atoms with Crippen molar-refractivity contribution in [2.24, 2.45) is 5.92 Å². The fourth-order valence-electron chi connectivity index (χ4n) is 3.26. The molecule has 0 unspecified atom stereocenters. The van der Waals surface area contributed by atoms with Gasteiger partial charge in [-0.25, -0.2) is 0 Å². The maximum absolute atomic E-state index is 12.1. The van der Waals surface area contributed by atoms with Gasteiger partial charge in [0.25, 0.3) is 5.91 Å². The molecular formula is C21H32N2O3. The Morgan fingerprint density at radius 1 is 0.962 bits per heavy atom. The van der Waals surface area contributed by atoms with E-state index in [9.17, 15) is 9.59 Å². The van der Waals surface area contributed by atoms with Crippen LogP contribution in [0.4, 0.5) is 0 Å². The molecule has 0 radical (unpaired) electrons. The third-order valence-electron chi connectivity index (χ3n) is 4.91. The van der Waals surface area contributed by atoms with Gasteiger partial charge >= 0.3 is 0 Å². The minimum absolute atomic E-state index is 0.0251. The Morgan fingerprint density at radius 3 is 2.35 bits per heavy atom. The van der Waals surface area contributed by atoms with E-state index < -0.39 is 0 Å². The fourth-order valence-corrected chi connectivity index (χ4v) is 3.26. The molecule has 0 atom stereocenters. The van der Waals surface area contributed by atoms with E-state index in [1.165, 1.54) is 32.1 Å². The molecule has 2 rings (SSSR count).